The van der Waals surface area contributed by atoms with Gasteiger partial charge in [0.1, 0.15) is 0 Å². The van der Waals surface area contributed by atoms with Crippen molar-refractivity contribution in [1.82, 2.24) is 15.2 Å². The van der Waals surface area contributed by atoms with Gasteiger partial charge in [0.15, 0.2) is 0 Å². The minimum Gasteiger partial charge on any atom is -0.391 e. The van der Waals surface area contributed by atoms with E-state index in [0.717, 1.165) is 38.9 Å². The van der Waals surface area contributed by atoms with E-state index in [9.17, 15) is 5.11 Å². The van der Waals surface area contributed by atoms with Crippen LogP contribution in [0.25, 0.3) is 0 Å². The van der Waals surface area contributed by atoms with Crippen LogP contribution in [0.4, 0.5) is 0 Å². The molecule has 0 bridgehead atoms. The minimum absolute atomic E-state index is 0.314. The second kappa shape index (κ2) is 8.55. The maximum atomic E-state index is 10.2. The van der Waals surface area contributed by atoms with Crippen molar-refractivity contribution in [3.05, 3.63) is 52.5 Å². The number of aromatic nitrogens is 1. The standard InChI is InChI=1S/C18H25N3OS/c22-18(10-15-4-2-1-3-5-15)11-19-16-6-8-21(9-7-16)12-17-13-23-14-20-17/h1-5,13-14,16,18-19,22H,6-12H2/t18-/m1/s1. The summed E-state index contributed by atoms with van der Waals surface area (Å²) in [6.45, 7) is 3.84. The molecule has 0 unspecified atom stereocenters. The lowest BCUT2D eigenvalue weighted by atomic mass is 10.0. The lowest BCUT2D eigenvalue weighted by molar-refractivity contribution is 0.147. The largest absolute Gasteiger partial charge is 0.391 e. The van der Waals surface area contributed by atoms with Crippen LogP contribution >= 0.6 is 11.3 Å². The Kier molecular flexibility index (Phi) is 6.16. The van der Waals surface area contributed by atoms with E-state index in [4.69, 9.17) is 0 Å². The molecule has 2 aromatic rings. The Balaban J connectivity index is 1.34. The first-order valence-corrected chi connectivity index (χ1v) is 9.28. The van der Waals surface area contributed by atoms with E-state index in [0.29, 0.717) is 12.6 Å². The zero-order valence-electron chi connectivity index (χ0n) is 13.4. The highest BCUT2D eigenvalue weighted by molar-refractivity contribution is 7.07. The molecule has 1 aromatic heterocycles. The summed E-state index contributed by atoms with van der Waals surface area (Å²) < 4.78 is 0. The highest BCUT2D eigenvalue weighted by atomic mass is 32.1. The van der Waals surface area contributed by atoms with Crippen molar-refractivity contribution < 1.29 is 5.11 Å². The first kappa shape index (κ1) is 16.6. The Morgan fingerprint density at radius 3 is 2.74 bits per heavy atom. The molecule has 1 aliphatic rings. The predicted octanol–water partition coefficient (Wildman–Crippen LogP) is 2.30. The van der Waals surface area contributed by atoms with E-state index in [-0.39, 0.29) is 6.10 Å². The Hall–Kier alpha value is -1.27. The highest BCUT2D eigenvalue weighted by Crippen LogP contribution is 2.14. The average molecular weight is 331 g/mol. The number of benzene rings is 1. The quantitative estimate of drug-likeness (QED) is 0.817. The van der Waals surface area contributed by atoms with E-state index in [2.05, 4.69) is 32.7 Å². The monoisotopic (exact) mass is 331 g/mol. The minimum atomic E-state index is -0.314. The number of hydrogen-bond acceptors (Lipinski definition) is 5. The number of piperidine rings is 1. The molecule has 2 N–H and O–H groups in total. The number of likely N-dealkylation sites (tertiary alicyclic amines) is 1. The van der Waals surface area contributed by atoms with Crippen LogP contribution in [0.1, 0.15) is 24.1 Å². The summed E-state index contributed by atoms with van der Waals surface area (Å²) in [6.07, 6.45) is 2.69. The normalized spacial score (nSPS) is 18.1. The summed E-state index contributed by atoms with van der Waals surface area (Å²) in [7, 11) is 0. The van der Waals surface area contributed by atoms with E-state index >= 15 is 0 Å². The van der Waals surface area contributed by atoms with Gasteiger partial charge >= 0.3 is 0 Å². The Labute approximate surface area is 142 Å². The van der Waals surface area contributed by atoms with Crippen molar-refractivity contribution in [2.45, 2.75) is 38.0 Å². The molecule has 1 atom stereocenters. The zero-order valence-corrected chi connectivity index (χ0v) is 14.2. The van der Waals surface area contributed by atoms with Crippen LogP contribution in [-0.4, -0.2) is 46.8 Å². The summed E-state index contributed by atoms with van der Waals surface area (Å²) in [4.78, 5) is 6.82. The number of thiazole rings is 1. The fourth-order valence-corrected chi connectivity index (χ4v) is 3.65. The van der Waals surface area contributed by atoms with E-state index in [1.165, 1.54) is 11.3 Å². The van der Waals surface area contributed by atoms with Crippen LogP contribution < -0.4 is 5.32 Å². The maximum absolute atomic E-state index is 10.2. The van der Waals surface area contributed by atoms with Gasteiger partial charge in [0.2, 0.25) is 0 Å². The van der Waals surface area contributed by atoms with Gasteiger partial charge in [0.05, 0.1) is 17.3 Å². The molecule has 23 heavy (non-hydrogen) atoms. The van der Waals surface area contributed by atoms with Crippen molar-refractivity contribution in [3.8, 4) is 0 Å². The van der Waals surface area contributed by atoms with Gasteiger partial charge < -0.3 is 10.4 Å². The van der Waals surface area contributed by atoms with Crippen molar-refractivity contribution in [2.24, 2.45) is 0 Å². The number of nitrogens with zero attached hydrogens (tertiary/aromatic N) is 2. The van der Waals surface area contributed by atoms with Crippen molar-refractivity contribution >= 4 is 11.3 Å². The van der Waals surface area contributed by atoms with Crippen LogP contribution in [0.15, 0.2) is 41.2 Å². The molecule has 0 aliphatic carbocycles. The molecule has 0 radical (unpaired) electrons. The summed E-state index contributed by atoms with van der Waals surface area (Å²) >= 11 is 1.66. The maximum Gasteiger partial charge on any atom is 0.0795 e. The van der Waals surface area contributed by atoms with E-state index in [1.54, 1.807) is 11.3 Å². The second-order valence-corrected chi connectivity index (χ2v) is 7.00. The van der Waals surface area contributed by atoms with Gasteiger partial charge in [-0.05, 0) is 24.8 Å². The molecule has 0 spiro atoms. The molecular weight excluding hydrogens is 306 g/mol. The summed E-state index contributed by atoms with van der Waals surface area (Å²) in [5.41, 5.74) is 4.28. The predicted molar refractivity (Wildman–Crippen MR) is 94.6 cm³/mol. The number of rotatable bonds is 7. The fourth-order valence-electron chi connectivity index (χ4n) is 3.10. The molecule has 1 aliphatic heterocycles. The van der Waals surface area contributed by atoms with Crippen LogP contribution in [0.5, 0.6) is 0 Å². The topological polar surface area (TPSA) is 48.4 Å². The molecule has 5 heteroatoms. The molecule has 4 nitrogen and oxygen atoms in total. The fraction of sp³-hybridized carbons (Fsp3) is 0.500. The van der Waals surface area contributed by atoms with Crippen LogP contribution in [0.3, 0.4) is 0 Å². The van der Waals surface area contributed by atoms with Crippen LogP contribution in [-0.2, 0) is 13.0 Å². The number of aliphatic hydroxyl groups is 1. The molecule has 1 aromatic carbocycles. The first-order valence-electron chi connectivity index (χ1n) is 8.34. The molecular formula is C18H25N3OS. The van der Waals surface area contributed by atoms with Gasteiger partial charge in [-0.3, -0.25) is 4.90 Å². The lowest BCUT2D eigenvalue weighted by Gasteiger charge is -2.32. The first-order chi connectivity index (χ1) is 11.3. The smallest absolute Gasteiger partial charge is 0.0795 e. The number of nitrogens with one attached hydrogen (secondary N) is 1. The van der Waals surface area contributed by atoms with Crippen LogP contribution in [0.2, 0.25) is 0 Å². The van der Waals surface area contributed by atoms with Gasteiger partial charge in [0, 0.05) is 37.6 Å². The second-order valence-electron chi connectivity index (χ2n) is 6.28. The molecule has 124 valence electrons. The number of aliphatic hydroxyl groups excluding tert-OH is 1. The molecule has 2 heterocycles. The third-order valence-corrected chi connectivity index (χ3v) is 5.05. The summed E-state index contributed by atoms with van der Waals surface area (Å²) in [5, 5.41) is 15.8. The lowest BCUT2D eigenvalue weighted by Crippen LogP contribution is -2.44. The number of hydrogen-bond donors (Lipinski definition) is 2. The molecule has 1 saturated heterocycles. The van der Waals surface area contributed by atoms with Crippen molar-refractivity contribution in [3.63, 3.8) is 0 Å². The molecule has 1 fully saturated rings. The Morgan fingerprint density at radius 2 is 2.04 bits per heavy atom. The van der Waals surface area contributed by atoms with E-state index in [1.807, 2.05) is 23.7 Å². The van der Waals surface area contributed by atoms with Crippen molar-refractivity contribution in [1.29, 1.82) is 0 Å². The third-order valence-electron chi connectivity index (χ3n) is 4.41. The van der Waals surface area contributed by atoms with Gasteiger partial charge in [-0.15, -0.1) is 11.3 Å². The van der Waals surface area contributed by atoms with Gasteiger partial charge in [0.25, 0.3) is 0 Å². The van der Waals surface area contributed by atoms with E-state index < -0.39 is 0 Å². The van der Waals surface area contributed by atoms with Gasteiger partial charge in [-0.2, -0.15) is 0 Å². The molecule has 3 rings (SSSR count). The van der Waals surface area contributed by atoms with Gasteiger partial charge in [-0.1, -0.05) is 30.3 Å². The van der Waals surface area contributed by atoms with Gasteiger partial charge in [-0.25, -0.2) is 4.98 Å². The molecule has 0 amide bonds. The third kappa shape index (κ3) is 5.39. The summed E-state index contributed by atoms with van der Waals surface area (Å²) in [5.74, 6) is 0. The summed E-state index contributed by atoms with van der Waals surface area (Å²) in [6, 6.07) is 10.7. The van der Waals surface area contributed by atoms with Crippen molar-refractivity contribution in [2.75, 3.05) is 19.6 Å². The Bertz CT molecular complexity index is 553. The van der Waals surface area contributed by atoms with Crippen LogP contribution in [0, 0.1) is 0 Å². The molecule has 0 saturated carbocycles. The average Bonchev–Trinajstić information content (AvgIpc) is 3.08. The Morgan fingerprint density at radius 1 is 1.26 bits per heavy atom. The highest BCUT2D eigenvalue weighted by Gasteiger charge is 2.20. The SMILES string of the molecule is O[C@@H](CNC1CCN(Cc2cscn2)CC1)Cc1ccccc1. The zero-order chi connectivity index (χ0) is 15.9.